The number of nitrogens with zero attached hydrogens (tertiary/aromatic N) is 2. The molecule has 134 valence electrons. The lowest BCUT2D eigenvalue weighted by Crippen LogP contribution is -2.25. The van der Waals surface area contributed by atoms with Crippen LogP contribution < -0.4 is 10.9 Å². The predicted octanol–water partition coefficient (Wildman–Crippen LogP) is 3.20. The molecule has 0 fully saturated rings. The number of H-pyrrole nitrogens is 1. The van der Waals surface area contributed by atoms with Crippen LogP contribution in [0.5, 0.6) is 0 Å². The molecule has 6 nitrogen and oxygen atoms in total. The summed E-state index contributed by atoms with van der Waals surface area (Å²) in [6, 6.07) is 15.6. The van der Waals surface area contributed by atoms with E-state index in [-0.39, 0.29) is 18.0 Å². The average molecular weight is 379 g/mol. The summed E-state index contributed by atoms with van der Waals surface area (Å²) in [7, 11) is 0. The Morgan fingerprint density at radius 1 is 1.22 bits per heavy atom. The van der Waals surface area contributed by atoms with Crippen molar-refractivity contribution in [3.63, 3.8) is 0 Å². The highest BCUT2D eigenvalue weighted by atomic mass is 35.5. The van der Waals surface area contributed by atoms with Crippen molar-refractivity contribution in [1.29, 1.82) is 5.26 Å². The molecule has 0 spiro atoms. The molecule has 1 aromatic heterocycles. The van der Waals surface area contributed by atoms with Crippen LogP contribution in [0.2, 0.25) is 5.02 Å². The Labute approximate surface area is 160 Å². The maximum Gasteiger partial charge on any atom is 0.251 e. The number of benzene rings is 2. The molecule has 2 N–H and O–H groups in total. The van der Waals surface area contributed by atoms with Crippen molar-refractivity contribution in [2.24, 2.45) is 0 Å². The van der Waals surface area contributed by atoms with Crippen molar-refractivity contribution >= 4 is 17.5 Å². The van der Waals surface area contributed by atoms with Crippen molar-refractivity contribution in [2.45, 2.75) is 13.5 Å². The zero-order chi connectivity index (χ0) is 19.4. The van der Waals surface area contributed by atoms with Gasteiger partial charge in [0.25, 0.3) is 11.5 Å². The SMILES string of the molecule is Cc1cc(=O)[nH]c(CNC(=O)c2cccc(-c3ccc(C#N)c(Cl)c3)c2)n1. The van der Waals surface area contributed by atoms with Gasteiger partial charge < -0.3 is 10.3 Å². The fourth-order valence-electron chi connectivity index (χ4n) is 2.62. The van der Waals surface area contributed by atoms with Crippen LogP contribution in [0.3, 0.4) is 0 Å². The van der Waals surface area contributed by atoms with E-state index in [2.05, 4.69) is 15.3 Å². The Morgan fingerprint density at radius 2 is 2.00 bits per heavy atom. The summed E-state index contributed by atoms with van der Waals surface area (Å²) in [5.74, 6) is 0.101. The van der Waals surface area contributed by atoms with Crippen molar-refractivity contribution in [3.8, 4) is 17.2 Å². The molecule has 3 aromatic rings. The van der Waals surface area contributed by atoms with Gasteiger partial charge in [-0.2, -0.15) is 5.26 Å². The lowest BCUT2D eigenvalue weighted by Gasteiger charge is -2.08. The van der Waals surface area contributed by atoms with Gasteiger partial charge in [0, 0.05) is 17.3 Å². The average Bonchev–Trinajstić information content (AvgIpc) is 2.65. The van der Waals surface area contributed by atoms with Gasteiger partial charge in [-0.25, -0.2) is 4.98 Å². The van der Waals surface area contributed by atoms with E-state index in [1.807, 2.05) is 12.1 Å². The van der Waals surface area contributed by atoms with Crippen LogP contribution in [0.15, 0.2) is 53.3 Å². The second-order valence-corrected chi connectivity index (χ2v) is 6.31. The first-order valence-electron chi connectivity index (χ1n) is 8.11. The Bertz CT molecular complexity index is 1120. The summed E-state index contributed by atoms with van der Waals surface area (Å²) < 4.78 is 0. The van der Waals surface area contributed by atoms with Crippen molar-refractivity contribution in [2.75, 3.05) is 0 Å². The van der Waals surface area contributed by atoms with E-state index in [0.717, 1.165) is 11.1 Å². The molecule has 0 saturated carbocycles. The third-order valence-electron chi connectivity index (χ3n) is 3.88. The monoisotopic (exact) mass is 378 g/mol. The van der Waals surface area contributed by atoms with E-state index in [4.69, 9.17) is 16.9 Å². The molecule has 1 amide bonds. The summed E-state index contributed by atoms with van der Waals surface area (Å²) in [6.45, 7) is 1.83. The van der Waals surface area contributed by atoms with E-state index in [0.29, 0.717) is 27.7 Å². The first-order valence-corrected chi connectivity index (χ1v) is 8.49. The molecule has 3 rings (SSSR count). The second-order valence-electron chi connectivity index (χ2n) is 5.90. The zero-order valence-electron chi connectivity index (χ0n) is 14.4. The van der Waals surface area contributed by atoms with Gasteiger partial charge in [-0.1, -0.05) is 29.8 Å². The van der Waals surface area contributed by atoms with Gasteiger partial charge in [0.1, 0.15) is 11.9 Å². The fourth-order valence-corrected chi connectivity index (χ4v) is 2.84. The molecule has 0 aliphatic heterocycles. The molecule has 2 aromatic carbocycles. The highest BCUT2D eigenvalue weighted by Gasteiger charge is 2.09. The van der Waals surface area contributed by atoms with Crippen molar-refractivity contribution in [1.82, 2.24) is 15.3 Å². The molecule has 0 saturated heterocycles. The minimum Gasteiger partial charge on any atom is -0.345 e. The molecule has 27 heavy (non-hydrogen) atoms. The number of aryl methyl sites for hydroxylation is 1. The summed E-state index contributed by atoms with van der Waals surface area (Å²) in [5, 5.41) is 12.1. The summed E-state index contributed by atoms with van der Waals surface area (Å²) in [4.78, 5) is 30.7. The normalized spacial score (nSPS) is 10.3. The van der Waals surface area contributed by atoms with Gasteiger partial charge in [-0.05, 0) is 42.3 Å². The number of aromatic nitrogens is 2. The maximum absolute atomic E-state index is 12.4. The molecule has 7 heteroatoms. The van der Waals surface area contributed by atoms with Gasteiger partial charge in [0.2, 0.25) is 0 Å². The number of amides is 1. The molecule has 1 heterocycles. The van der Waals surface area contributed by atoms with E-state index >= 15 is 0 Å². The smallest absolute Gasteiger partial charge is 0.251 e. The Hall–Kier alpha value is -3.43. The van der Waals surface area contributed by atoms with Crippen LogP contribution in [0.1, 0.15) is 27.4 Å². The lowest BCUT2D eigenvalue weighted by molar-refractivity contribution is 0.0950. The number of hydrogen-bond acceptors (Lipinski definition) is 4. The van der Waals surface area contributed by atoms with Crippen molar-refractivity contribution < 1.29 is 4.79 Å². The predicted molar refractivity (Wildman–Crippen MR) is 102 cm³/mol. The van der Waals surface area contributed by atoms with Gasteiger partial charge in [0.05, 0.1) is 17.1 Å². The first kappa shape index (κ1) is 18.4. The summed E-state index contributed by atoms with van der Waals surface area (Å²) in [6.07, 6.45) is 0. The van der Waals surface area contributed by atoms with Crippen LogP contribution in [0.4, 0.5) is 0 Å². The topological polar surface area (TPSA) is 98.6 Å². The number of halogens is 1. The molecular formula is C20H15ClN4O2. The molecule has 0 atom stereocenters. The van der Waals surface area contributed by atoms with Crippen LogP contribution in [-0.4, -0.2) is 15.9 Å². The molecule has 0 radical (unpaired) electrons. The number of aromatic amines is 1. The van der Waals surface area contributed by atoms with E-state index in [9.17, 15) is 9.59 Å². The number of rotatable bonds is 4. The maximum atomic E-state index is 12.4. The summed E-state index contributed by atoms with van der Waals surface area (Å²) >= 11 is 6.09. The van der Waals surface area contributed by atoms with Crippen LogP contribution >= 0.6 is 11.6 Å². The van der Waals surface area contributed by atoms with Gasteiger partial charge >= 0.3 is 0 Å². The Balaban J connectivity index is 1.78. The largest absolute Gasteiger partial charge is 0.345 e. The Morgan fingerprint density at radius 3 is 2.70 bits per heavy atom. The van der Waals surface area contributed by atoms with Crippen LogP contribution in [0, 0.1) is 18.3 Å². The molecular weight excluding hydrogens is 364 g/mol. The lowest BCUT2D eigenvalue weighted by atomic mass is 10.0. The van der Waals surface area contributed by atoms with Crippen LogP contribution in [0.25, 0.3) is 11.1 Å². The number of nitrogens with one attached hydrogen (secondary N) is 2. The number of nitriles is 1. The minimum atomic E-state index is -0.291. The minimum absolute atomic E-state index is 0.114. The number of carbonyl (C=O) groups excluding carboxylic acids is 1. The van der Waals surface area contributed by atoms with Crippen LogP contribution in [-0.2, 0) is 6.54 Å². The Kier molecular flexibility index (Phi) is 5.34. The zero-order valence-corrected chi connectivity index (χ0v) is 15.2. The molecule has 0 unspecified atom stereocenters. The van der Waals surface area contributed by atoms with Gasteiger partial charge in [-0.15, -0.1) is 0 Å². The molecule has 0 aliphatic rings. The first-order chi connectivity index (χ1) is 13.0. The van der Waals surface area contributed by atoms with E-state index < -0.39 is 0 Å². The highest BCUT2D eigenvalue weighted by Crippen LogP contribution is 2.26. The van der Waals surface area contributed by atoms with Gasteiger partial charge in [-0.3, -0.25) is 9.59 Å². The van der Waals surface area contributed by atoms with E-state index in [1.165, 1.54) is 6.07 Å². The quantitative estimate of drug-likeness (QED) is 0.728. The van der Waals surface area contributed by atoms with E-state index in [1.54, 1.807) is 43.3 Å². The highest BCUT2D eigenvalue weighted by molar-refractivity contribution is 6.32. The standard InChI is InChI=1S/C20H15ClN4O2/c1-12-7-19(26)25-18(24-12)11-23-20(27)15-4-2-3-13(8-15)14-5-6-16(10-22)17(21)9-14/h2-9H,11H2,1H3,(H,23,27)(H,24,25,26). The third-order valence-corrected chi connectivity index (χ3v) is 4.20. The number of carbonyl (C=O) groups is 1. The second kappa shape index (κ2) is 7.85. The number of hydrogen-bond donors (Lipinski definition) is 2. The fraction of sp³-hybridized carbons (Fsp3) is 0.100. The summed E-state index contributed by atoms with van der Waals surface area (Å²) in [5.41, 5.74) is 2.79. The van der Waals surface area contributed by atoms with Gasteiger partial charge in [0.15, 0.2) is 0 Å². The molecule has 0 aliphatic carbocycles. The third kappa shape index (κ3) is 4.40. The van der Waals surface area contributed by atoms with Crippen molar-refractivity contribution in [3.05, 3.63) is 86.6 Å². The molecule has 0 bridgehead atoms.